The minimum absolute atomic E-state index is 0.140. The van der Waals surface area contributed by atoms with Crippen LogP contribution >= 0.6 is 0 Å². The average molecular weight is 325 g/mol. The Bertz CT molecular complexity index is 937. The lowest BCUT2D eigenvalue weighted by Crippen LogP contribution is -2.05. The standard InChI is InChI=1S/C19H16FNO3/c1-11-4-6-14-15(13-7-5-12(23-2)9-16(13)20)10-18(19(22)24-3)21-17(14)8-11/h4-10H,1-3H3. The van der Waals surface area contributed by atoms with Crippen molar-refractivity contribution < 1.29 is 18.7 Å². The number of benzene rings is 2. The number of pyridine rings is 1. The third kappa shape index (κ3) is 2.80. The molecule has 0 amide bonds. The van der Waals surface area contributed by atoms with Crippen LogP contribution in [0.15, 0.2) is 42.5 Å². The van der Waals surface area contributed by atoms with Crippen molar-refractivity contribution in [3.05, 3.63) is 59.5 Å². The number of hydrogen-bond acceptors (Lipinski definition) is 4. The number of rotatable bonds is 3. The summed E-state index contributed by atoms with van der Waals surface area (Å²) in [5, 5.41) is 0.761. The molecule has 0 unspecified atom stereocenters. The molecule has 3 aromatic rings. The van der Waals surface area contributed by atoms with Crippen LogP contribution in [0.25, 0.3) is 22.0 Å². The highest BCUT2D eigenvalue weighted by molar-refractivity contribution is 6.00. The molecule has 0 spiro atoms. The molecule has 3 rings (SSSR count). The summed E-state index contributed by atoms with van der Waals surface area (Å²) in [7, 11) is 2.77. The molecule has 0 aliphatic heterocycles. The van der Waals surface area contributed by atoms with Gasteiger partial charge in [-0.3, -0.25) is 0 Å². The second-order valence-corrected chi connectivity index (χ2v) is 5.41. The average Bonchev–Trinajstić information content (AvgIpc) is 2.59. The Morgan fingerprint density at radius 2 is 1.83 bits per heavy atom. The molecule has 24 heavy (non-hydrogen) atoms. The van der Waals surface area contributed by atoms with Crippen molar-refractivity contribution in [3.8, 4) is 16.9 Å². The molecule has 0 saturated carbocycles. The van der Waals surface area contributed by atoms with Gasteiger partial charge >= 0.3 is 5.97 Å². The maximum atomic E-state index is 14.5. The Hall–Kier alpha value is -2.95. The lowest BCUT2D eigenvalue weighted by molar-refractivity contribution is 0.0594. The van der Waals surface area contributed by atoms with E-state index in [0.29, 0.717) is 22.4 Å². The van der Waals surface area contributed by atoms with E-state index in [1.54, 1.807) is 18.2 Å². The quantitative estimate of drug-likeness (QED) is 0.679. The summed E-state index contributed by atoms with van der Waals surface area (Å²) in [6, 6.07) is 11.8. The Morgan fingerprint density at radius 1 is 1.04 bits per heavy atom. The third-order valence-corrected chi connectivity index (χ3v) is 3.83. The van der Waals surface area contributed by atoms with Crippen LogP contribution in [0.3, 0.4) is 0 Å². The van der Waals surface area contributed by atoms with Gasteiger partial charge in [0, 0.05) is 17.0 Å². The maximum absolute atomic E-state index is 14.5. The predicted molar refractivity (Wildman–Crippen MR) is 89.8 cm³/mol. The molecule has 5 heteroatoms. The molecule has 0 radical (unpaired) electrons. The Morgan fingerprint density at radius 3 is 2.50 bits per heavy atom. The van der Waals surface area contributed by atoms with Gasteiger partial charge in [0.2, 0.25) is 0 Å². The number of aryl methyl sites for hydroxylation is 1. The van der Waals surface area contributed by atoms with Crippen LogP contribution in [0.1, 0.15) is 16.1 Å². The number of carbonyl (C=O) groups excluding carboxylic acids is 1. The lowest BCUT2D eigenvalue weighted by Gasteiger charge is -2.11. The SMILES string of the molecule is COC(=O)c1cc(-c2ccc(OC)cc2F)c2ccc(C)cc2n1. The van der Waals surface area contributed by atoms with Gasteiger partial charge in [-0.05, 0) is 42.3 Å². The van der Waals surface area contributed by atoms with Gasteiger partial charge in [0.25, 0.3) is 0 Å². The number of ether oxygens (including phenoxy) is 2. The van der Waals surface area contributed by atoms with Gasteiger partial charge in [-0.1, -0.05) is 12.1 Å². The van der Waals surface area contributed by atoms with Crippen LogP contribution in [-0.4, -0.2) is 25.2 Å². The van der Waals surface area contributed by atoms with Crippen LogP contribution in [0.4, 0.5) is 4.39 Å². The monoisotopic (exact) mass is 325 g/mol. The minimum atomic E-state index is -0.562. The van der Waals surface area contributed by atoms with Gasteiger partial charge in [0.15, 0.2) is 0 Å². The Balaban J connectivity index is 2.31. The fourth-order valence-electron chi connectivity index (χ4n) is 2.61. The topological polar surface area (TPSA) is 48.4 Å². The number of methoxy groups -OCH3 is 2. The zero-order chi connectivity index (χ0) is 17.3. The van der Waals surface area contributed by atoms with Gasteiger partial charge in [-0.15, -0.1) is 0 Å². The van der Waals surface area contributed by atoms with Crippen LogP contribution in [0, 0.1) is 12.7 Å². The van der Waals surface area contributed by atoms with E-state index >= 15 is 0 Å². The number of fused-ring (bicyclic) bond motifs is 1. The number of aromatic nitrogens is 1. The molecule has 1 heterocycles. The molecule has 0 fully saturated rings. The van der Waals surface area contributed by atoms with E-state index in [4.69, 9.17) is 9.47 Å². The molecule has 0 saturated heterocycles. The summed E-state index contributed by atoms with van der Waals surface area (Å²) in [6.45, 7) is 1.93. The Kier molecular flexibility index (Phi) is 4.16. The van der Waals surface area contributed by atoms with Crippen LogP contribution in [0.2, 0.25) is 0 Å². The number of nitrogens with zero attached hydrogens (tertiary/aromatic N) is 1. The first-order chi connectivity index (χ1) is 11.5. The van der Waals surface area contributed by atoms with Crippen molar-refractivity contribution in [3.63, 3.8) is 0 Å². The zero-order valence-electron chi connectivity index (χ0n) is 13.6. The lowest BCUT2D eigenvalue weighted by atomic mass is 9.98. The molecule has 0 aliphatic rings. The van der Waals surface area contributed by atoms with E-state index in [1.165, 1.54) is 20.3 Å². The van der Waals surface area contributed by atoms with Crippen molar-refractivity contribution in [2.24, 2.45) is 0 Å². The van der Waals surface area contributed by atoms with E-state index in [2.05, 4.69) is 4.98 Å². The highest BCUT2D eigenvalue weighted by atomic mass is 19.1. The smallest absolute Gasteiger partial charge is 0.356 e. The molecule has 0 atom stereocenters. The van der Waals surface area contributed by atoms with Gasteiger partial charge in [0.05, 0.1) is 19.7 Å². The van der Waals surface area contributed by atoms with Crippen molar-refractivity contribution in [2.75, 3.05) is 14.2 Å². The summed E-state index contributed by atoms with van der Waals surface area (Å²) in [6.07, 6.45) is 0. The molecular weight excluding hydrogens is 309 g/mol. The predicted octanol–water partition coefficient (Wildman–Crippen LogP) is 4.14. The molecule has 0 aliphatic carbocycles. The second-order valence-electron chi connectivity index (χ2n) is 5.41. The third-order valence-electron chi connectivity index (χ3n) is 3.83. The Labute approximate surface area is 138 Å². The number of carbonyl (C=O) groups is 1. The van der Waals surface area contributed by atoms with Crippen molar-refractivity contribution in [1.29, 1.82) is 0 Å². The van der Waals surface area contributed by atoms with E-state index in [-0.39, 0.29) is 5.69 Å². The van der Waals surface area contributed by atoms with E-state index in [1.807, 2.05) is 25.1 Å². The van der Waals surface area contributed by atoms with Crippen LogP contribution in [-0.2, 0) is 4.74 Å². The zero-order valence-corrected chi connectivity index (χ0v) is 13.6. The highest BCUT2D eigenvalue weighted by Gasteiger charge is 2.16. The first kappa shape index (κ1) is 15.9. The fraction of sp³-hybridized carbons (Fsp3) is 0.158. The summed E-state index contributed by atoms with van der Waals surface area (Å²) in [4.78, 5) is 16.2. The molecular formula is C19H16FNO3. The molecule has 2 aromatic carbocycles. The summed E-state index contributed by atoms with van der Waals surface area (Å²) < 4.78 is 24.3. The van der Waals surface area contributed by atoms with Crippen LogP contribution < -0.4 is 4.74 Å². The summed E-state index contributed by atoms with van der Waals surface area (Å²) in [5.41, 5.74) is 2.71. The van der Waals surface area contributed by atoms with Gasteiger partial charge < -0.3 is 9.47 Å². The number of hydrogen-bond donors (Lipinski definition) is 0. The van der Waals surface area contributed by atoms with Crippen molar-refractivity contribution in [1.82, 2.24) is 4.98 Å². The van der Waals surface area contributed by atoms with E-state index in [9.17, 15) is 9.18 Å². The van der Waals surface area contributed by atoms with Gasteiger partial charge in [-0.25, -0.2) is 14.2 Å². The van der Waals surface area contributed by atoms with Gasteiger partial charge in [0.1, 0.15) is 17.3 Å². The summed E-state index contributed by atoms with van der Waals surface area (Å²) in [5.74, 6) is -0.564. The number of halogens is 1. The summed E-state index contributed by atoms with van der Waals surface area (Å²) >= 11 is 0. The first-order valence-electron chi connectivity index (χ1n) is 7.37. The molecule has 4 nitrogen and oxygen atoms in total. The molecule has 1 aromatic heterocycles. The highest BCUT2D eigenvalue weighted by Crippen LogP contribution is 2.32. The van der Waals surface area contributed by atoms with E-state index in [0.717, 1.165) is 10.9 Å². The minimum Gasteiger partial charge on any atom is -0.497 e. The van der Waals surface area contributed by atoms with Crippen LogP contribution in [0.5, 0.6) is 5.75 Å². The second kappa shape index (κ2) is 6.28. The maximum Gasteiger partial charge on any atom is 0.356 e. The van der Waals surface area contributed by atoms with E-state index < -0.39 is 11.8 Å². The number of esters is 1. The largest absolute Gasteiger partial charge is 0.497 e. The molecule has 122 valence electrons. The molecule has 0 N–H and O–H groups in total. The first-order valence-corrected chi connectivity index (χ1v) is 7.37. The van der Waals surface area contributed by atoms with Gasteiger partial charge in [-0.2, -0.15) is 0 Å². The normalized spacial score (nSPS) is 10.7. The van der Waals surface area contributed by atoms with Crippen molar-refractivity contribution in [2.45, 2.75) is 6.92 Å². The fourth-order valence-corrected chi connectivity index (χ4v) is 2.61. The molecule has 0 bridgehead atoms. The van der Waals surface area contributed by atoms with Crippen molar-refractivity contribution >= 4 is 16.9 Å².